The van der Waals surface area contributed by atoms with Crippen molar-refractivity contribution in [3.63, 3.8) is 0 Å². The van der Waals surface area contributed by atoms with E-state index < -0.39 is 0 Å². The number of carbonyl (C=O) groups excluding carboxylic acids is 2. The van der Waals surface area contributed by atoms with E-state index in [2.05, 4.69) is 10.6 Å². The normalized spacial score (nSPS) is 10.2. The highest BCUT2D eigenvalue weighted by atomic mass is 16.2. The van der Waals surface area contributed by atoms with Crippen molar-refractivity contribution in [1.29, 1.82) is 5.26 Å². The van der Waals surface area contributed by atoms with Gasteiger partial charge in [0.15, 0.2) is 0 Å². The Labute approximate surface area is 147 Å². The Morgan fingerprint density at radius 1 is 1.04 bits per heavy atom. The largest absolute Gasteiger partial charge is 0.351 e. The molecular formula is C19H20N4O2. The fourth-order valence-corrected chi connectivity index (χ4v) is 2.17. The summed E-state index contributed by atoms with van der Waals surface area (Å²) < 4.78 is 0. The van der Waals surface area contributed by atoms with Gasteiger partial charge in [0.2, 0.25) is 0 Å². The molecule has 0 bridgehead atoms. The highest BCUT2D eigenvalue weighted by molar-refractivity contribution is 6.06. The van der Waals surface area contributed by atoms with Crippen LogP contribution in [0.4, 0.5) is 5.69 Å². The first-order valence-electron chi connectivity index (χ1n) is 7.84. The summed E-state index contributed by atoms with van der Waals surface area (Å²) in [4.78, 5) is 26.5. The second-order valence-corrected chi connectivity index (χ2v) is 5.79. The number of anilines is 1. The molecular weight excluding hydrogens is 316 g/mol. The predicted octanol–water partition coefficient (Wildman–Crippen LogP) is 2.10. The van der Waals surface area contributed by atoms with Gasteiger partial charge in [-0.25, -0.2) is 0 Å². The van der Waals surface area contributed by atoms with Gasteiger partial charge in [-0.1, -0.05) is 12.1 Å². The third kappa shape index (κ3) is 5.44. The van der Waals surface area contributed by atoms with Crippen molar-refractivity contribution in [2.24, 2.45) is 0 Å². The fraction of sp³-hybridized carbons (Fsp3) is 0.211. The van der Waals surface area contributed by atoms with Crippen molar-refractivity contribution in [3.05, 3.63) is 65.2 Å². The van der Waals surface area contributed by atoms with Gasteiger partial charge < -0.3 is 15.5 Å². The molecule has 0 fully saturated rings. The Bertz CT molecular complexity index is 809. The lowest BCUT2D eigenvalue weighted by atomic mass is 10.1. The minimum atomic E-state index is -0.335. The molecule has 0 radical (unpaired) electrons. The number of likely N-dealkylation sites (N-methyl/N-ethyl adjacent to an activating group) is 1. The summed E-state index contributed by atoms with van der Waals surface area (Å²) in [6, 6.07) is 15.2. The van der Waals surface area contributed by atoms with Crippen molar-refractivity contribution >= 4 is 17.5 Å². The second kappa shape index (κ2) is 8.62. The summed E-state index contributed by atoms with van der Waals surface area (Å²) >= 11 is 0. The Hall–Kier alpha value is -3.17. The summed E-state index contributed by atoms with van der Waals surface area (Å²) in [5, 5.41) is 14.4. The number of benzene rings is 2. The molecule has 25 heavy (non-hydrogen) atoms. The van der Waals surface area contributed by atoms with Crippen molar-refractivity contribution in [2.75, 3.05) is 32.5 Å². The van der Waals surface area contributed by atoms with E-state index in [0.717, 1.165) is 6.54 Å². The number of nitrogens with zero attached hydrogens (tertiary/aromatic N) is 2. The van der Waals surface area contributed by atoms with Crippen molar-refractivity contribution in [2.45, 2.75) is 0 Å². The molecule has 2 aromatic carbocycles. The van der Waals surface area contributed by atoms with Crippen molar-refractivity contribution < 1.29 is 9.59 Å². The first kappa shape index (κ1) is 18.2. The standard InChI is InChI=1S/C19H20N4O2/c1-23(2)10-9-21-18(24)15-6-4-7-16(12-15)19(25)22-17-8-3-5-14(11-17)13-20/h3-8,11-12H,9-10H2,1-2H3,(H,21,24)(H,22,25). The zero-order valence-corrected chi connectivity index (χ0v) is 14.2. The molecule has 0 aliphatic rings. The van der Waals surface area contributed by atoms with Crippen LogP contribution in [0.15, 0.2) is 48.5 Å². The molecule has 0 saturated heterocycles. The first-order chi connectivity index (χ1) is 12.0. The van der Waals surface area contributed by atoms with Gasteiger partial charge in [-0.05, 0) is 50.5 Å². The highest BCUT2D eigenvalue weighted by Crippen LogP contribution is 2.13. The second-order valence-electron chi connectivity index (χ2n) is 5.79. The molecule has 0 saturated carbocycles. The van der Waals surface area contributed by atoms with Crippen molar-refractivity contribution in [3.8, 4) is 6.07 Å². The molecule has 6 heteroatoms. The molecule has 0 atom stereocenters. The average molecular weight is 336 g/mol. The van der Waals surface area contributed by atoms with Gasteiger partial charge in [-0.2, -0.15) is 5.26 Å². The summed E-state index contributed by atoms with van der Waals surface area (Å²) in [5.74, 6) is -0.555. The minimum absolute atomic E-state index is 0.219. The maximum absolute atomic E-state index is 12.4. The summed E-state index contributed by atoms with van der Waals surface area (Å²) in [7, 11) is 3.86. The Morgan fingerprint density at radius 3 is 2.40 bits per heavy atom. The van der Waals surface area contributed by atoms with E-state index in [4.69, 9.17) is 5.26 Å². The summed E-state index contributed by atoms with van der Waals surface area (Å²) in [6.07, 6.45) is 0. The zero-order valence-electron chi connectivity index (χ0n) is 14.2. The SMILES string of the molecule is CN(C)CCNC(=O)c1cccc(C(=O)Nc2cccc(C#N)c2)c1. The van der Waals surface area contributed by atoms with Crippen LogP contribution in [-0.2, 0) is 0 Å². The van der Waals surface area contributed by atoms with Gasteiger partial charge in [0.1, 0.15) is 0 Å². The van der Waals surface area contributed by atoms with E-state index in [9.17, 15) is 9.59 Å². The van der Waals surface area contributed by atoms with E-state index in [0.29, 0.717) is 28.9 Å². The number of rotatable bonds is 6. The van der Waals surface area contributed by atoms with Crippen LogP contribution in [0.25, 0.3) is 0 Å². The zero-order chi connectivity index (χ0) is 18.2. The number of hydrogen-bond acceptors (Lipinski definition) is 4. The molecule has 0 heterocycles. The first-order valence-corrected chi connectivity index (χ1v) is 7.84. The molecule has 128 valence electrons. The van der Waals surface area contributed by atoms with Crippen LogP contribution < -0.4 is 10.6 Å². The Kier molecular flexibility index (Phi) is 6.26. The lowest BCUT2D eigenvalue weighted by Gasteiger charge is -2.11. The number of amides is 2. The minimum Gasteiger partial charge on any atom is -0.351 e. The van der Waals surface area contributed by atoms with Gasteiger partial charge in [-0.15, -0.1) is 0 Å². The van der Waals surface area contributed by atoms with E-state index in [-0.39, 0.29) is 11.8 Å². The maximum atomic E-state index is 12.4. The fourth-order valence-electron chi connectivity index (χ4n) is 2.17. The highest BCUT2D eigenvalue weighted by Gasteiger charge is 2.11. The lowest BCUT2D eigenvalue weighted by Crippen LogP contribution is -2.31. The molecule has 0 unspecified atom stereocenters. The Balaban J connectivity index is 2.05. The Morgan fingerprint density at radius 2 is 1.72 bits per heavy atom. The van der Waals surface area contributed by atoms with Gasteiger partial charge >= 0.3 is 0 Å². The molecule has 2 amide bonds. The molecule has 0 aliphatic carbocycles. The number of hydrogen-bond donors (Lipinski definition) is 2. The van der Waals surface area contributed by atoms with Crippen LogP contribution in [0.2, 0.25) is 0 Å². The van der Waals surface area contributed by atoms with Gasteiger partial charge in [0.05, 0.1) is 11.6 Å². The molecule has 0 spiro atoms. The van der Waals surface area contributed by atoms with Gasteiger partial charge in [0.25, 0.3) is 11.8 Å². The van der Waals surface area contributed by atoms with E-state index >= 15 is 0 Å². The topological polar surface area (TPSA) is 85.2 Å². The van der Waals surface area contributed by atoms with Crippen LogP contribution in [0, 0.1) is 11.3 Å². The lowest BCUT2D eigenvalue weighted by molar-refractivity contribution is 0.0951. The van der Waals surface area contributed by atoms with E-state index in [1.54, 1.807) is 48.5 Å². The maximum Gasteiger partial charge on any atom is 0.255 e. The average Bonchev–Trinajstić information content (AvgIpc) is 2.61. The summed E-state index contributed by atoms with van der Waals surface area (Å²) in [6.45, 7) is 1.27. The monoisotopic (exact) mass is 336 g/mol. The number of nitrogens with one attached hydrogen (secondary N) is 2. The number of carbonyl (C=O) groups is 2. The third-order valence-corrected chi connectivity index (χ3v) is 3.48. The molecule has 6 nitrogen and oxygen atoms in total. The van der Waals surface area contributed by atoms with E-state index in [1.165, 1.54) is 0 Å². The summed E-state index contributed by atoms with van der Waals surface area (Å²) in [5.41, 5.74) is 1.80. The van der Waals surface area contributed by atoms with Crippen molar-refractivity contribution in [1.82, 2.24) is 10.2 Å². The smallest absolute Gasteiger partial charge is 0.255 e. The number of nitriles is 1. The van der Waals surface area contributed by atoms with Gasteiger partial charge in [0, 0.05) is 29.9 Å². The van der Waals surface area contributed by atoms with Crippen LogP contribution in [0.3, 0.4) is 0 Å². The quantitative estimate of drug-likeness (QED) is 0.846. The molecule has 2 rings (SSSR count). The van der Waals surface area contributed by atoms with Crippen LogP contribution in [-0.4, -0.2) is 43.9 Å². The van der Waals surface area contributed by atoms with E-state index in [1.807, 2.05) is 25.1 Å². The molecule has 2 aromatic rings. The predicted molar refractivity (Wildman–Crippen MR) is 96.4 cm³/mol. The molecule has 0 aromatic heterocycles. The van der Waals surface area contributed by atoms with Crippen LogP contribution in [0.5, 0.6) is 0 Å². The molecule has 2 N–H and O–H groups in total. The molecule has 0 aliphatic heterocycles. The van der Waals surface area contributed by atoms with Crippen LogP contribution >= 0.6 is 0 Å². The third-order valence-electron chi connectivity index (χ3n) is 3.48. The van der Waals surface area contributed by atoms with Crippen LogP contribution in [0.1, 0.15) is 26.3 Å². The van der Waals surface area contributed by atoms with Gasteiger partial charge in [-0.3, -0.25) is 9.59 Å².